The van der Waals surface area contributed by atoms with E-state index in [-0.39, 0.29) is 5.92 Å². The first-order valence-electron chi connectivity index (χ1n) is 6.38. The van der Waals surface area contributed by atoms with E-state index >= 15 is 0 Å². The summed E-state index contributed by atoms with van der Waals surface area (Å²) in [7, 11) is 0. The second kappa shape index (κ2) is 7.04. The van der Waals surface area contributed by atoms with Crippen molar-refractivity contribution in [2.75, 3.05) is 18.5 Å². The molecule has 0 radical (unpaired) electrons. The normalized spacial score (nSPS) is 12.3. The molecule has 1 rings (SSSR count). The minimum Gasteiger partial charge on any atom is -0.462 e. The van der Waals surface area contributed by atoms with Gasteiger partial charge in [-0.05, 0) is 19.8 Å². The van der Waals surface area contributed by atoms with Crippen LogP contribution in [-0.4, -0.2) is 40.3 Å². The molecule has 0 aliphatic rings. The van der Waals surface area contributed by atoms with E-state index in [0.717, 1.165) is 0 Å². The predicted octanol–water partition coefficient (Wildman–Crippen LogP) is 1.39. The molecule has 106 valence electrons. The number of carbonyl (C=O) groups excluding carboxylic acids is 1. The van der Waals surface area contributed by atoms with E-state index in [1.54, 1.807) is 13.8 Å². The number of nitrogens with zero attached hydrogens (tertiary/aromatic N) is 2. The number of aromatic nitrogens is 2. The van der Waals surface area contributed by atoms with Crippen molar-refractivity contribution in [2.45, 2.75) is 33.8 Å². The number of anilines is 1. The molecule has 6 heteroatoms. The lowest BCUT2D eigenvalue weighted by Gasteiger charge is -2.15. The Labute approximate surface area is 113 Å². The highest BCUT2D eigenvalue weighted by Gasteiger charge is 2.13. The standard InChI is InChI=1S/C13H21N3O3/c1-5-19-12(18)10-6-14-13(16-9(10)4)15-7-11(17)8(2)3/h6,8,11,17H,5,7H2,1-4H3,(H,14,15,16). The van der Waals surface area contributed by atoms with Gasteiger partial charge < -0.3 is 15.2 Å². The van der Waals surface area contributed by atoms with E-state index in [9.17, 15) is 9.90 Å². The Morgan fingerprint density at radius 2 is 2.21 bits per heavy atom. The smallest absolute Gasteiger partial charge is 0.341 e. The van der Waals surface area contributed by atoms with E-state index < -0.39 is 12.1 Å². The highest BCUT2D eigenvalue weighted by Crippen LogP contribution is 2.09. The molecule has 0 saturated carbocycles. The fraction of sp³-hybridized carbons (Fsp3) is 0.615. The monoisotopic (exact) mass is 267 g/mol. The molecule has 0 fully saturated rings. The van der Waals surface area contributed by atoms with E-state index in [2.05, 4.69) is 15.3 Å². The van der Waals surface area contributed by atoms with Crippen molar-refractivity contribution in [1.29, 1.82) is 0 Å². The summed E-state index contributed by atoms with van der Waals surface area (Å²) in [4.78, 5) is 19.8. The van der Waals surface area contributed by atoms with Gasteiger partial charge in [0.25, 0.3) is 0 Å². The van der Waals surface area contributed by atoms with Gasteiger partial charge in [-0.25, -0.2) is 14.8 Å². The fourth-order valence-corrected chi connectivity index (χ4v) is 1.39. The van der Waals surface area contributed by atoms with Crippen molar-refractivity contribution in [3.05, 3.63) is 17.5 Å². The van der Waals surface area contributed by atoms with Crippen LogP contribution in [0, 0.1) is 12.8 Å². The average Bonchev–Trinajstić information content (AvgIpc) is 2.36. The highest BCUT2D eigenvalue weighted by atomic mass is 16.5. The summed E-state index contributed by atoms with van der Waals surface area (Å²) < 4.78 is 4.90. The lowest BCUT2D eigenvalue weighted by atomic mass is 10.1. The van der Waals surface area contributed by atoms with Crippen molar-refractivity contribution in [3.63, 3.8) is 0 Å². The molecule has 1 aromatic rings. The van der Waals surface area contributed by atoms with Gasteiger partial charge in [-0.2, -0.15) is 0 Å². The quantitative estimate of drug-likeness (QED) is 0.758. The van der Waals surface area contributed by atoms with Crippen LogP contribution in [0.1, 0.15) is 36.8 Å². The second-order valence-electron chi connectivity index (χ2n) is 4.61. The van der Waals surface area contributed by atoms with Gasteiger partial charge in [0, 0.05) is 12.7 Å². The molecule has 0 spiro atoms. The van der Waals surface area contributed by atoms with Crippen LogP contribution >= 0.6 is 0 Å². The van der Waals surface area contributed by atoms with E-state index in [1.165, 1.54) is 6.20 Å². The minimum atomic E-state index is -0.464. The minimum absolute atomic E-state index is 0.160. The maximum Gasteiger partial charge on any atom is 0.341 e. The van der Waals surface area contributed by atoms with Crippen LogP contribution < -0.4 is 5.32 Å². The SMILES string of the molecule is CCOC(=O)c1cnc(NCC(O)C(C)C)nc1C. The summed E-state index contributed by atoms with van der Waals surface area (Å²) in [6.45, 7) is 8.02. The number of aliphatic hydroxyl groups excluding tert-OH is 1. The molecule has 1 unspecified atom stereocenters. The topological polar surface area (TPSA) is 84.3 Å². The van der Waals surface area contributed by atoms with Crippen molar-refractivity contribution < 1.29 is 14.6 Å². The van der Waals surface area contributed by atoms with Crippen molar-refractivity contribution in [1.82, 2.24) is 9.97 Å². The average molecular weight is 267 g/mol. The molecular weight excluding hydrogens is 246 g/mol. The molecule has 19 heavy (non-hydrogen) atoms. The summed E-state index contributed by atoms with van der Waals surface area (Å²) in [5.74, 6) is 0.131. The molecule has 6 nitrogen and oxygen atoms in total. The van der Waals surface area contributed by atoms with Crippen molar-refractivity contribution in [3.8, 4) is 0 Å². The third-order valence-electron chi connectivity index (χ3n) is 2.71. The summed E-state index contributed by atoms with van der Waals surface area (Å²) in [6.07, 6.45) is 0.971. The van der Waals surface area contributed by atoms with Crippen LogP contribution in [0.3, 0.4) is 0 Å². The second-order valence-corrected chi connectivity index (χ2v) is 4.61. The third-order valence-corrected chi connectivity index (χ3v) is 2.71. The van der Waals surface area contributed by atoms with Crippen LogP contribution in [0.15, 0.2) is 6.20 Å². The molecule has 0 amide bonds. The van der Waals surface area contributed by atoms with Crippen LogP contribution in [0.4, 0.5) is 5.95 Å². The zero-order valence-electron chi connectivity index (χ0n) is 11.8. The highest BCUT2D eigenvalue weighted by molar-refractivity contribution is 5.90. The summed E-state index contributed by atoms with van der Waals surface area (Å²) in [6, 6.07) is 0. The maximum atomic E-state index is 11.6. The van der Waals surface area contributed by atoms with Crippen molar-refractivity contribution >= 4 is 11.9 Å². The number of aliphatic hydroxyl groups is 1. The van der Waals surface area contributed by atoms with E-state index in [0.29, 0.717) is 30.4 Å². The van der Waals surface area contributed by atoms with Crippen LogP contribution in [-0.2, 0) is 4.74 Å². The number of esters is 1. The lowest BCUT2D eigenvalue weighted by molar-refractivity contribution is 0.0524. The number of carbonyl (C=O) groups is 1. The number of nitrogens with one attached hydrogen (secondary N) is 1. The van der Waals surface area contributed by atoms with Gasteiger partial charge in [0.15, 0.2) is 0 Å². The van der Waals surface area contributed by atoms with Gasteiger partial charge in [-0.3, -0.25) is 0 Å². The predicted molar refractivity (Wildman–Crippen MR) is 72.1 cm³/mol. The first-order valence-corrected chi connectivity index (χ1v) is 6.38. The molecule has 0 aliphatic heterocycles. The van der Waals surface area contributed by atoms with Crippen LogP contribution in [0.2, 0.25) is 0 Å². The zero-order valence-corrected chi connectivity index (χ0v) is 11.8. The Hall–Kier alpha value is -1.69. The Balaban J connectivity index is 2.69. The summed E-state index contributed by atoms with van der Waals surface area (Å²) >= 11 is 0. The summed E-state index contributed by atoms with van der Waals surface area (Å²) in [5, 5.41) is 12.6. The largest absolute Gasteiger partial charge is 0.462 e. The molecule has 1 heterocycles. The molecule has 0 saturated heterocycles. The Morgan fingerprint density at radius 3 is 2.74 bits per heavy atom. The number of hydrogen-bond donors (Lipinski definition) is 2. The number of aryl methyl sites for hydroxylation is 1. The molecule has 2 N–H and O–H groups in total. The van der Waals surface area contributed by atoms with E-state index in [1.807, 2.05) is 13.8 Å². The Bertz CT molecular complexity index is 435. The van der Waals surface area contributed by atoms with E-state index in [4.69, 9.17) is 4.74 Å². The summed E-state index contributed by atoms with van der Waals surface area (Å²) in [5.41, 5.74) is 0.909. The van der Waals surface area contributed by atoms with Gasteiger partial charge >= 0.3 is 5.97 Å². The number of ether oxygens (including phenoxy) is 1. The van der Waals surface area contributed by atoms with Gasteiger partial charge in [-0.1, -0.05) is 13.8 Å². The lowest BCUT2D eigenvalue weighted by Crippen LogP contribution is -2.25. The molecule has 1 aromatic heterocycles. The van der Waals surface area contributed by atoms with Crippen LogP contribution in [0.5, 0.6) is 0 Å². The Kier molecular flexibility index (Phi) is 5.69. The molecule has 0 aliphatic carbocycles. The first-order chi connectivity index (χ1) is 8.95. The van der Waals surface area contributed by atoms with Gasteiger partial charge in [0.05, 0.1) is 24.0 Å². The molecule has 0 aromatic carbocycles. The molecular formula is C13H21N3O3. The van der Waals surface area contributed by atoms with Gasteiger partial charge in [0.1, 0.15) is 0 Å². The maximum absolute atomic E-state index is 11.6. The fourth-order valence-electron chi connectivity index (χ4n) is 1.39. The molecule has 1 atom stereocenters. The van der Waals surface area contributed by atoms with Gasteiger partial charge in [0.2, 0.25) is 5.95 Å². The first kappa shape index (κ1) is 15.4. The Morgan fingerprint density at radius 1 is 1.53 bits per heavy atom. The number of hydrogen-bond acceptors (Lipinski definition) is 6. The molecule has 0 bridgehead atoms. The van der Waals surface area contributed by atoms with Crippen LogP contribution in [0.25, 0.3) is 0 Å². The third kappa shape index (κ3) is 4.48. The number of rotatable bonds is 6. The van der Waals surface area contributed by atoms with Crippen molar-refractivity contribution in [2.24, 2.45) is 5.92 Å². The van der Waals surface area contributed by atoms with Gasteiger partial charge in [-0.15, -0.1) is 0 Å². The zero-order chi connectivity index (χ0) is 14.4.